The van der Waals surface area contributed by atoms with Gasteiger partial charge in [0, 0.05) is 23.0 Å². The van der Waals surface area contributed by atoms with Crippen molar-refractivity contribution in [3.8, 4) is 5.75 Å². The van der Waals surface area contributed by atoms with Gasteiger partial charge in [0.05, 0.1) is 6.61 Å². The minimum atomic E-state index is 0.548. The van der Waals surface area contributed by atoms with E-state index in [0.717, 1.165) is 29.8 Å². The number of nitrogens with one attached hydrogen (secondary N) is 1. The maximum absolute atomic E-state index is 5.78. The Hall–Kier alpha value is -0.540. The van der Waals surface area contributed by atoms with Crippen LogP contribution in [-0.4, -0.2) is 19.2 Å². The Labute approximate surface area is 106 Å². The Morgan fingerprint density at radius 1 is 1.50 bits per heavy atom. The van der Waals surface area contributed by atoms with Gasteiger partial charge in [-0.25, -0.2) is 0 Å². The standard InChI is InChI=1S/C13H18BrNO/c1-9(2)15-7-10-5-11-3-4-12(14)6-13(11)16-8-10/h3-4,6,9-10,15H,5,7-8H2,1-2H3. The number of hydrogen-bond acceptors (Lipinski definition) is 2. The van der Waals surface area contributed by atoms with Gasteiger partial charge in [-0.15, -0.1) is 0 Å². The molecule has 0 amide bonds. The van der Waals surface area contributed by atoms with Crippen LogP contribution in [0.1, 0.15) is 19.4 Å². The molecule has 0 radical (unpaired) electrons. The zero-order valence-electron chi connectivity index (χ0n) is 9.79. The molecule has 0 spiro atoms. The van der Waals surface area contributed by atoms with Crippen LogP contribution in [0, 0.1) is 5.92 Å². The fourth-order valence-corrected chi connectivity index (χ4v) is 2.28. The Morgan fingerprint density at radius 3 is 3.06 bits per heavy atom. The van der Waals surface area contributed by atoms with Crippen molar-refractivity contribution < 1.29 is 4.74 Å². The van der Waals surface area contributed by atoms with Crippen molar-refractivity contribution in [2.45, 2.75) is 26.3 Å². The third-order valence-electron chi connectivity index (χ3n) is 2.83. The van der Waals surface area contributed by atoms with Crippen LogP contribution in [0.3, 0.4) is 0 Å². The van der Waals surface area contributed by atoms with Crippen molar-refractivity contribution in [3.63, 3.8) is 0 Å². The summed E-state index contributed by atoms with van der Waals surface area (Å²) < 4.78 is 6.87. The molecule has 1 aliphatic heterocycles. The van der Waals surface area contributed by atoms with Gasteiger partial charge in [-0.3, -0.25) is 0 Å². The summed E-state index contributed by atoms with van der Waals surface area (Å²) in [6, 6.07) is 6.84. The minimum Gasteiger partial charge on any atom is -0.493 e. The summed E-state index contributed by atoms with van der Waals surface area (Å²) in [6.45, 7) is 6.21. The lowest BCUT2D eigenvalue weighted by molar-refractivity contribution is 0.216. The molecule has 0 saturated heterocycles. The van der Waals surface area contributed by atoms with Gasteiger partial charge >= 0.3 is 0 Å². The number of benzene rings is 1. The second-order valence-electron chi connectivity index (χ2n) is 4.70. The Balaban J connectivity index is 1.98. The van der Waals surface area contributed by atoms with E-state index in [1.54, 1.807) is 0 Å². The van der Waals surface area contributed by atoms with Gasteiger partial charge < -0.3 is 10.1 Å². The molecule has 0 bridgehead atoms. The first-order valence-electron chi connectivity index (χ1n) is 5.80. The van der Waals surface area contributed by atoms with Crippen LogP contribution in [0.2, 0.25) is 0 Å². The van der Waals surface area contributed by atoms with Crippen molar-refractivity contribution in [2.24, 2.45) is 5.92 Å². The van der Waals surface area contributed by atoms with Crippen molar-refractivity contribution in [3.05, 3.63) is 28.2 Å². The molecule has 1 unspecified atom stereocenters. The third kappa shape index (κ3) is 2.98. The average Bonchev–Trinajstić information content (AvgIpc) is 2.26. The maximum Gasteiger partial charge on any atom is 0.123 e. The van der Waals surface area contributed by atoms with Gasteiger partial charge in [-0.05, 0) is 24.1 Å². The number of halogens is 1. The molecule has 1 aromatic rings. The molecule has 1 atom stereocenters. The highest BCUT2D eigenvalue weighted by atomic mass is 79.9. The molecular weight excluding hydrogens is 266 g/mol. The Kier molecular flexibility index (Phi) is 3.87. The molecule has 3 heteroatoms. The summed E-state index contributed by atoms with van der Waals surface area (Å²) in [6.07, 6.45) is 1.11. The first-order valence-corrected chi connectivity index (χ1v) is 6.59. The highest BCUT2D eigenvalue weighted by Gasteiger charge is 2.19. The van der Waals surface area contributed by atoms with E-state index in [9.17, 15) is 0 Å². The van der Waals surface area contributed by atoms with E-state index in [4.69, 9.17) is 4.74 Å². The topological polar surface area (TPSA) is 21.3 Å². The molecule has 1 aromatic carbocycles. The molecule has 0 saturated carbocycles. The molecule has 0 aliphatic carbocycles. The quantitative estimate of drug-likeness (QED) is 0.921. The van der Waals surface area contributed by atoms with Gasteiger partial charge in [0.25, 0.3) is 0 Å². The van der Waals surface area contributed by atoms with Crippen LogP contribution in [0.5, 0.6) is 5.75 Å². The Bertz CT molecular complexity index is 365. The molecule has 2 nitrogen and oxygen atoms in total. The van der Waals surface area contributed by atoms with Crippen molar-refractivity contribution in [1.29, 1.82) is 0 Å². The number of ether oxygens (including phenoxy) is 1. The fraction of sp³-hybridized carbons (Fsp3) is 0.538. The molecule has 88 valence electrons. The number of hydrogen-bond donors (Lipinski definition) is 1. The van der Waals surface area contributed by atoms with Gasteiger partial charge in [0.1, 0.15) is 5.75 Å². The lowest BCUT2D eigenvalue weighted by Crippen LogP contribution is -2.34. The van der Waals surface area contributed by atoms with Crippen LogP contribution >= 0.6 is 15.9 Å². The van der Waals surface area contributed by atoms with Crippen LogP contribution < -0.4 is 10.1 Å². The van der Waals surface area contributed by atoms with Gasteiger partial charge in [-0.1, -0.05) is 35.8 Å². The molecular formula is C13H18BrNO. The van der Waals surface area contributed by atoms with E-state index in [-0.39, 0.29) is 0 Å². The van der Waals surface area contributed by atoms with Crippen molar-refractivity contribution in [1.82, 2.24) is 5.32 Å². The molecule has 2 rings (SSSR count). The third-order valence-corrected chi connectivity index (χ3v) is 3.32. The van der Waals surface area contributed by atoms with E-state index in [2.05, 4.69) is 53.3 Å². The largest absolute Gasteiger partial charge is 0.493 e. The zero-order valence-corrected chi connectivity index (χ0v) is 11.4. The van der Waals surface area contributed by atoms with E-state index >= 15 is 0 Å². The van der Waals surface area contributed by atoms with E-state index in [1.807, 2.05) is 0 Å². The van der Waals surface area contributed by atoms with Gasteiger partial charge in [-0.2, -0.15) is 0 Å². The molecule has 0 fully saturated rings. The average molecular weight is 284 g/mol. The predicted molar refractivity (Wildman–Crippen MR) is 70.0 cm³/mol. The molecule has 1 N–H and O–H groups in total. The van der Waals surface area contributed by atoms with E-state index in [0.29, 0.717) is 12.0 Å². The number of rotatable bonds is 3. The lowest BCUT2D eigenvalue weighted by Gasteiger charge is -2.26. The van der Waals surface area contributed by atoms with Crippen molar-refractivity contribution in [2.75, 3.05) is 13.2 Å². The summed E-state index contributed by atoms with van der Waals surface area (Å²) in [4.78, 5) is 0. The first-order chi connectivity index (χ1) is 7.65. The second kappa shape index (κ2) is 5.19. The van der Waals surface area contributed by atoms with Gasteiger partial charge in [0.15, 0.2) is 0 Å². The zero-order chi connectivity index (χ0) is 11.5. The van der Waals surface area contributed by atoms with Crippen LogP contribution in [0.25, 0.3) is 0 Å². The molecule has 1 heterocycles. The maximum atomic E-state index is 5.78. The molecule has 1 aliphatic rings. The fourth-order valence-electron chi connectivity index (χ4n) is 1.94. The SMILES string of the molecule is CC(C)NCC1COc2cc(Br)ccc2C1. The van der Waals surface area contributed by atoms with Crippen LogP contribution in [0.15, 0.2) is 22.7 Å². The highest BCUT2D eigenvalue weighted by molar-refractivity contribution is 9.10. The summed E-state index contributed by atoms with van der Waals surface area (Å²) in [7, 11) is 0. The molecule has 16 heavy (non-hydrogen) atoms. The van der Waals surface area contributed by atoms with Crippen molar-refractivity contribution >= 4 is 15.9 Å². The molecule has 0 aromatic heterocycles. The number of fused-ring (bicyclic) bond motifs is 1. The summed E-state index contributed by atoms with van der Waals surface area (Å²) in [5.74, 6) is 1.63. The second-order valence-corrected chi connectivity index (χ2v) is 5.61. The minimum absolute atomic E-state index is 0.548. The monoisotopic (exact) mass is 283 g/mol. The highest BCUT2D eigenvalue weighted by Crippen LogP contribution is 2.29. The smallest absolute Gasteiger partial charge is 0.123 e. The van der Waals surface area contributed by atoms with Gasteiger partial charge in [0.2, 0.25) is 0 Å². The van der Waals surface area contributed by atoms with Crippen LogP contribution in [-0.2, 0) is 6.42 Å². The van der Waals surface area contributed by atoms with E-state index in [1.165, 1.54) is 5.56 Å². The van der Waals surface area contributed by atoms with E-state index < -0.39 is 0 Å². The summed E-state index contributed by atoms with van der Waals surface area (Å²) in [5.41, 5.74) is 1.32. The summed E-state index contributed by atoms with van der Waals surface area (Å²) >= 11 is 3.46. The van der Waals surface area contributed by atoms with Crippen LogP contribution in [0.4, 0.5) is 0 Å². The first kappa shape index (κ1) is 11.9. The normalized spacial score (nSPS) is 19.4. The Morgan fingerprint density at radius 2 is 2.31 bits per heavy atom. The summed E-state index contributed by atoms with van der Waals surface area (Å²) in [5, 5.41) is 3.47. The predicted octanol–water partition coefficient (Wildman–Crippen LogP) is 3.00. The lowest BCUT2D eigenvalue weighted by atomic mass is 9.96.